The van der Waals surface area contributed by atoms with Crippen molar-refractivity contribution in [3.8, 4) is 22.8 Å². The lowest BCUT2D eigenvalue weighted by Gasteiger charge is -2.24. The maximum absolute atomic E-state index is 11.7. The minimum atomic E-state index is -2.92. The average Bonchev–Trinajstić information content (AvgIpc) is 3.25. The zero-order chi connectivity index (χ0) is 26.9. The zero-order valence-corrected chi connectivity index (χ0v) is 23.1. The molecule has 0 radical (unpaired) electrons. The summed E-state index contributed by atoms with van der Waals surface area (Å²) in [5, 5.41) is 9.12. The van der Waals surface area contributed by atoms with Gasteiger partial charge in [-0.3, -0.25) is 4.79 Å². The third-order valence-corrected chi connectivity index (χ3v) is 10.0. The summed E-state index contributed by atoms with van der Waals surface area (Å²) in [6.45, 7) is 4.49. The van der Waals surface area contributed by atoms with Gasteiger partial charge in [-0.2, -0.15) is 0 Å². The molecule has 200 valence electrons. The van der Waals surface area contributed by atoms with Crippen LogP contribution >= 0.6 is 11.8 Å². The molecule has 1 unspecified atom stereocenters. The molecule has 1 atom stereocenters. The molecule has 2 aromatic carbocycles. The molecular weight excluding hydrogens is 522 g/mol. The highest BCUT2D eigenvalue weighted by molar-refractivity contribution is 7.99. The summed E-state index contributed by atoms with van der Waals surface area (Å²) in [7, 11) is -2.92. The number of pyridine rings is 1. The second kappa shape index (κ2) is 11.0. The Morgan fingerprint density at radius 1 is 1.11 bits per heavy atom. The van der Waals surface area contributed by atoms with Crippen LogP contribution in [0.5, 0.6) is 11.6 Å². The van der Waals surface area contributed by atoms with Gasteiger partial charge in [0.2, 0.25) is 5.88 Å². The first-order chi connectivity index (χ1) is 18.2. The lowest BCUT2D eigenvalue weighted by Crippen LogP contribution is -2.30. The van der Waals surface area contributed by atoms with Crippen molar-refractivity contribution in [2.45, 2.75) is 56.6 Å². The van der Waals surface area contributed by atoms with E-state index < -0.39 is 15.8 Å². The summed E-state index contributed by atoms with van der Waals surface area (Å²) in [4.78, 5) is 16.6. The van der Waals surface area contributed by atoms with Crippen LogP contribution in [0, 0.1) is 13.8 Å². The molecule has 1 aromatic heterocycles. The van der Waals surface area contributed by atoms with E-state index in [1.165, 1.54) is 0 Å². The van der Waals surface area contributed by atoms with Crippen LogP contribution in [0.1, 0.15) is 47.4 Å². The molecule has 7 nitrogen and oxygen atoms in total. The van der Waals surface area contributed by atoms with Crippen molar-refractivity contribution in [2.24, 2.45) is 0 Å². The van der Waals surface area contributed by atoms with Crippen molar-refractivity contribution in [1.82, 2.24) is 4.98 Å². The first-order valence-corrected chi connectivity index (χ1v) is 15.5. The van der Waals surface area contributed by atoms with E-state index in [9.17, 15) is 13.2 Å². The van der Waals surface area contributed by atoms with Crippen LogP contribution in [0.3, 0.4) is 0 Å². The summed E-state index contributed by atoms with van der Waals surface area (Å²) in [5.74, 6) is 1.63. The number of aromatic nitrogens is 1. The average molecular weight is 554 g/mol. The second-order valence-electron chi connectivity index (χ2n) is 10.1. The van der Waals surface area contributed by atoms with Crippen LogP contribution in [0.2, 0.25) is 0 Å². The fourth-order valence-corrected chi connectivity index (χ4v) is 7.90. The highest BCUT2D eigenvalue weighted by atomic mass is 32.2. The summed E-state index contributed by atoms with van der Waals surface area (Å²) >= 11 is 1.65. The quantitative estimate of drug-likeness (QED) is 0.387. The number of carboxylic acid groups (broad SMARTS) is 1. The van der Waals surface area contributed by atoms with Crippen LogP contribution in [-0.2, 0) is 21.2 Å². The number of aliphatic carboxylic acids is 1. The van der Waals surface area contributed by atoms with E-state index in [-0.39, 0.29) is 29.9 Å². The number of hydrogen-bond donors (Lipinski definition) is 1. The smallest absolute Gasteiger partial charge is 0.303 e. The van der Waals surface area contributed by atoms with E-state index in [2.05, 4.69) is 31.0 Å². The molecule has 0 bridgehead atoms. The van der Waals surface area contributed by atoms with Crippen molar-refractivity contribution >= 4 is 27.6 Å². The van der Waals surface area contributed by atoms with E-state index in [0.29, 0.717) is 25.3 Å². The van der Waals surface area contributed by atoms with Crippen LogP contribution in [0.4, 0.5) is 0 Å². The molecule has 3 aromatic rings. The molecule has 0 spiro atoms. The molecule has 0 aliphatic carbocycles. The maximum Gasteiger partial charge on any atom is 0.303 e. The summed E-state index contributed by atoms with van der Waals surface area (Å²) < 4.78 is 35.6. The van der Waals surface area contributed by atoms with Crippen molar-refractivity contribution < 1.29 is 27.8 Å². The molecule has 1 fully saturated rings. The highest BCUT2D eigenvalue weighted by Crippen LogP contribution is 2.42. The number of sulfone groups is 1. The topological polar surface area (TPSA) is 103 Å². The molecule has 0 amide bonds. The zero-order valence-electron chi connectivity index (χ0n) is 21.5. The Morgan fingerprint density at radius 2 is 1.84 bits per heavy atom. The van der Waals surface area contributed by atoms with Gasteiger partial charge in [-0.15, -0.1) is 11.8 Å². The molecule has 5 rings (SSSR count). The molecule has 38 heavy (non-hydrogen) atoms. The number of ether oxygens (including phenoxy) is 2. The van der Waals surface area contributed by atoms with E-state index in [0.717, 1.165) is 49.8 Å². The number of thioether (sulfide) groups is 1. The van der Waals surface area contributed by atoms with Gasteiger partial charge in [-0.05, 0) is 78.3 Å². The van der Waals surface area contributed by atoms with Gasteiger partial charge in [0.1, 0.15) is 18.5 Å². The van der Waals surface area contributed by atoms with E-state index in [4.69, 9.17) is 14.6 Å². The molecular formula is C29H31NO6S2. The fraction of sp³-hybridized carbons (Fsp3) is 0.379. The normalized spacial score (nSPS) is 18.6. The summed E-state index contributed by atoms with van der Waals surface area (Å²) in [6.07, 6.45) is 2.86. The Labute approximate surface area is 227 Å². The van der Waals surface area contributed by atoms with Gasteiger partial charge in [0.15, 0.2) is 9.84 Å². The lowest BCUT2D eigenvalue weighted by atomic mass is 9.94. The van der Waals surface area contributed by atoms with Crippen molar-refractivity contribution in [2.75, 3.05) is 17.3 Å². The number of carbonyl (C=O) groups is 1. The maximum atomic E-state index is 11.7. The molecule has 1 N–H and O–H groups in total. The predicted molar refractivity (Wildman–Crippen MR) is 148 cm³/mol. The first kappa shape index (κ1) is 26.6. The van der Waals surface area contributed by atoms with Crippen LogP contribution in [-0.4, -0.2) is 47.8 Å². The van der Waals surface area contributed by atoms with E-state index >= 15 is 0 Å². The first-order valence-electron chi connectivity index (χ1n) is 12.7. The molecule has 3 heterocycles. The number of hydrogen-bond acceptors (Lipinski definition) is 7. The van der Waals surface area contributed by atoms with Crippen molar-refractivity contribution in [3.63, 3.8) is 0 Å². The van der Waals surface area contributed by atoms with Gasteiger partial charge in [0, 0.05) is 28.8 Å². The monoisotopic (exact) mass is 553 g/mol. The number of nitrogens with zero attached hydrogens (tertiary/aromatic N) is 1. The molecule has 9 heteroatoms. The van der Waals surface area contributed by atoms with Gasteiger partial charge in [-0.25, -0.2) is 13.4 Å². The number of carboxylic acids is 1. The summed E-state index contributed by atoms with van der Waals surface area (Å²) in [6, 6.07) is 14.2. The molecule has 2 aliphatic rings. The third-order valence-electron chi connectivity index (χ3n) is 7.08. The Bertz CT molecular complexity index is 1430. The minimum Gasteiger partial charge on any atom is -0.490 e. The fourth-order valence-electron chi connectivity index (χ4n) is 5.20. The number of benzene rings is 2. The Balaban J connectivity index is 1.26. The Morgan fingerprint density at radius 3 is 2.55 bits per heavy atom. The van der Waals surface area contributed by atoms with Gasteiger partial charge >= 0.3 is 5.97 Å². The minimum absolute atomic E-state index is 0.00666. The van der Waals surface area contributed by atoms with Crippen LogP contribution < -0.4 is 9.47 Å². The van der Waals surface area contributed by atoms with E-state index in [1.807, 2.05) is 30.3 Å². The Hall–Kier alpha value is -3.04. The number of rotatable bonds is 8. The standard InChI is InChI=1S/C29H31NO6S2/c1-18-10-24(36-23-6-8-38(33,34)9-7-23)11-19(2)29(18)21-5-3-4-20(12-21)16-35-27-14-26-25(15-30-27)22(17-37-26)13-28(31)32/h3-5,10-12,14-15,22-23H,6-9,13,16-17H2,1-2H3,(H,31,32). The van der Waals surface area contributed by atoms with E-state index in [1.54, 1.807) is 18.0 Å². The SMILES string of the molecule is Cc1cc(OC2CCS(=O)(=O)CC2)cc(C)c1-c1cccc(COc2cc3c(cn2)C(CC(=O)O)CS3)c1. The van der Waals surface area contributed by atoms with Crippen LogP contribution in [0.15, 0.2) is 53.6 Å². The number of fused-ring (bicyclic) bond motifs is 1. The lowest BCUT2D eigenvalue weighted by molar-refractivity contribution is -0.137. The largest absolute Gasteiger partial charge is 0.490 e. The molecule has 1 saturated heterocycles. The van der Waals surface area contributed by atoms with Crippen LogP contribution in [0.25, 0.3) is 11.1 Å². The second-order valence-corrected chi connectivity index (χ2v) is 13.4. The van der Waals surface area contributed by atoms with Gasteiger partial charge in [0.05, 0.1) is 17.9 Å². The number of aryl methyl sites for hydroxylation is 2. The van der Waals surface area contributed by atoms with Crippen molar-refractivity contribution in [3.05, 3.63) is 70.9 Å². The third kappa shape index (κ3) is 6.15. The predicted octanol–water partition coefficient (Wildman–Crippen LogP) is 5.56. The molecule has 2 aliphatic heterocycles. The van der Waals surface area contributed by atoms with Crippen molar-refractivity contribution in [1.29, 1.82) is 0 Å². The highest BCUT2D eigenvalue weighted by Gasteiger charge is 2.27. The Kier molecular flexibility index (Phi) is 7.68. The van der Waals surface area contributed by atoms with Gasteiger partial charge in [0.25, 0.3) is 0 Å². The van der Waals surface area contributed by atoms with Gasteiger partial charge in [-0.1, -0.05) is 18.2 Å². The molecule has 0 saturated carbocycles. The summed E-state index contributed by atoms with van der Waals surface area (Å²) in [5.41, 5.74) is 6.42. The van der Waals surface area contributed by atoms with Gasteiger partial charge < -0.3 is 14.6 Å².